The molecule has 1 spiro atoms. The summed E-state index contributed by atoms with van der Waals surface area (Å²) in [7, 11) is 0. The fraction of sp³-hybridized carbons (Fsp3) is 0.619. The summed E-state index contributed by atoms with van der Waals surface area (Å²) in [4.78, 5) is 26.5. The van der Waals surface area contributed by atoms with Gasteiger partial charge in [-0.2, -0.15) is 26.3 Å². The number of carboxylic acids is 1. The number of aryl methyl sites for hydroxylation is 1. The average molecular weight is 482 g/mol. The van der Waals surface area contributed by atoms with E-state index in [-0.39, 0.29) is 24.2 Å². The van der Waals surface area contributed by atoms with Gasteiger partial charge in [0.25, 0.3) is 6.10 Å². The lowest BCUT2D eigenvalue weighted by molar-refractivity contribution is -0.308. The van der Waals surface area contributed by atoms with Crippen LogP contribution in [0.15, 0.2) is 18.2 Å². The number of nitrogens with zero attached hydrogens (tertiary/aromatic N) is 2. The van der Waals surface area contributed by atoms with Crippen molar-refractivity contribution in [3.63, 3.8) is 0 Å². The van der Waals surface area contributed by atoms with Gasteiger partial charge in [0.05, 0.1) is 5.56 Å². The summed E-state index contributed by atoms with van der Waals surface area (Å²) in [6.45, 7) is 2.79. The topological polar surface area (TPSA) is 70.1 Å². The van der Waals surface area contributed by atoms with Gasteiger partial charge >= 0.3 is 24.4 Å². The number of piperidine rings is 1. The lowest BCUT2D eigenvalue weighted by atomic mass is 9.84. The number of carbonyl (C=O) groups excluding carboxylic acids is 1. The standard InChI is InChI=1S/C21H24F6N2O4/c1-13-3-4-14(11-15(13)16(30)31)12-29-8-2-5-19(29)6-9-28(10-7-19)18(32)33-17(20(22,23)24)21(25,26)27/h3-4,11,17H,2,5-10,12H2,1H3,(H,30,31). The molecule has 0 unspecified atom stereocenters. The Hall–Kier alpha value is -2.50. The van der Waals surface area contributed by atoms with Crippen LogP contribution in [0, 0.1) is 6.92 Å². The van der Waals surface area contributed by atoms with Gasteiger partial charge in [0.2, 0.25) is 0 Å². The van der Waals surface area contributed by atoms with Crippen LogP contribution in [0.5, 0.6) is 0 Å². The average Bonchev–Trinajstić information content (AvgIpc) is 3.07. The van der Waals surface area contributed by atoms with Crippen LogP contribution in [0.25, 0.3) is 0 Å². The Morgan fingerprint density at radius 3 is 2.21 bits per heavy atom. The molecule has 0 aliphatic carbocycles. The minimum atomic E-state index is -5.75. The Morgan fingerprint density at radius 2 is 1.67 bits per heavy atom. The number of benzene rings is 1. The highest BCUT2D eigenvalue weighted by Gasteiger charge is 2.60. The molecule has 33 heavy (non-hydrogen) atoms. The fourth-order valence-corrected chi connectivity index (χ4v) is 4.63. The van der Waals surface area contributed by atoms with E-state index in [1.54, 1.807) is 19.1 Å². The summed E-state index contributed by atoms with van der Waals surface area (Å²) >= 11 is 0. The molecule has 3 rings (SSSR count). The van der Waals surface area contributed by atoms with E-state index in [1.807, 2.05) is 6.07 Å². The van der Waals surface area contributed by atoms with E-state index in [2.05, 4.69) is 9.64 Å². The van der Waals surface area contributed by atoms with E-state index >= 15 is 0 Å². The van der Waals surface area contributed by atoms with E-state index in [0.717, 1.165) is 23.3 Å². The van der Waals surface area contributed by atoms with Crippen LogP contribution >= 0.6 is 0 Å². The maximum Gasteiger partial charge on any atom is 0.434 e. The molecule has 1 aromatic rings. The van der Waals surface area contributed by atoms with E-state index in [1.165, 1.54) is 0 Å². The number of alkyl halides is 6. The molecule has 2 aliphatic rings. The van der Waals surface area contributed by atoms with Crippen molar-refractivity contribution in [3.05, 3.63) is 34.9 Å². The first-order chi connectivity index (χ1) is 15.2. The Kier molecular flexibility index (Phi) is 6.88. The van der Waals surface area contributed by atoms with E-state index in [4.69, 9.17) is 0 Å². The van der Waals surface area contributed by atoms with Gasteiger partial charge in [0.15, 0.2) is 0 Å². The van der Waals surface area contributed by atoms with Crippen molar-refractivity contribution in [3.8, 4) is 0 Å². The quantitative estimate of drug-likeness (QED) is 0.628. The largest absolute Gasteiger partial charge is 0.478 e. The second-order valence-corrected chi connectivity index (χ2v) is 8.54. The predicted octanol–water partition coefficient (Wildman–Crippen LogP) is 4.75. The highest BCUT2D eigenvalue weighted by Crippen LogP contribution is 2.40. The molecule has 1 aromatic carbocycles. The first kappa shape index (κ1) is 25.1. The fourth-order valence-electron chi connectivity index (χ4n) is 4.63. The normalized spacial score (nSPS) is 19.3. The lowest BCUT2D eigenvalue weighted by Gasteiger charge is -2.45. The van der Waals surface area contributed by atoms with Crippen molar-refractivity contribution in [1.82, 2.24) is 9.80 Å². The predicted molar refractivity (Wildman–Crippen MR) is 104 cm³/mol. The molecule has 1 amide bonds. The summed E-state index contributed by atoms with van der Waals surface area (Å²) in [5.41, 5.74) is 1.25. The van der Waals surface area contributed by atoms with Crippen LogP contribution < -0.4 is 0 Å². The second kappa shape index (κ2) is 9.03. The minimum Gasteiger partial charge on any atom is -0.478 e. The van der Waals surface area contributed by atoms with Gasteiger partial charge < -0.3 is 14.7 Å². The Morgan fingerprint density at radius 1 is 1.06 bits per heavy atom. The monoisotopic (exact) mass is 482 g/mol. The first-order valence-corrected chi connectivity index (χ1v) is 10.4. The van der Waals surface area contributed by atoms with E-state index in [9.17, 15) is 41.0 Å². The molecule has 1 N–H and O–H groups in total. The molecule has 0 saturated carbocycles. The third-order valence-electron chi connectivity index (χ3n) is 6.41. The molecular weight excluding hydrogens is 458 g/mol. The summed E-state index contributed by atoms with van der Waals surface area (Å²) in [6, 6.07) is 5.15. The smallest absolute Gasteiger partial charge is 0.434 e. The lowest BCUT2D eigenvalue weighted by Crippen LogP contribution is -2.54. The SMILES string of the molecule is Cc1ccc(CN2CCCC23CCN(C(=O)OC(C(F)(F)F)C(F)(F)F)CC3)cc1C(=O)O. The molecule has 0 aromatic heterocycles. The third kappa shape index (κ3) is 5.53. The number of ether oxygens (including phenoxy) is 1. The molecule has 2 heterocycles. The molecule has 6 nitrogen and oxygen atoms in total. The van der Waals surface area contributed by atoms with Crippen molar-refractivity contribution >= 4 is 12.1 Å². The highest BCUT2D eigenvalue weighted by atomic mass is 19.4. The Balaban J connectivity index is 1.65. The Bertz CT molecular complexity index is 880. The second-order valence-electron chi connectivity index (χ2n) is 8.54. The number of aromatic carboxylic acids is 1. The zero-order valence-corrected chi connectivity index (χ0v) is 17.8. The van der Waals surface area contributed by atoms with Crippen LogP contribution in [-0.4, -0.2) is 70.6 Å². The highest BCUT2D eigenvalue weighted by molar-refractivity contribution is 5.89. The Labute approximate surface area is 186 Å². The van der Waals surface area contributed by atoms with Crippen LogP contribution in [0.2, 0.25) is 0 Å². The summed E-state index contributed by atoms with van der Waals surface area (Å²) in [6.07, 6.45) is -15.0. The van der Waals surface area contributed by atoms with Gasteiger partial charge in [-0.1, -0.05) is 12.1 Å². The van der Waals surface area contributed by atoms with Crippen molar-refractivity contribution in [1.29, 1.82) is 0 Å². The van der Waals surface area contributed by atoms with Crippen LogP contribution in [0.4, 0.5) is 31.1 Å². The maximum absolute atomic E-state index is 12.7. The van der Waals surface area contributed by atoms with Crippen molar-refractivity contribution in [2.24, 2.45) is 0 Å². The molecule has 2 fully saturated rings. The number of amides is 1. The number of hydrogen-bond acceptors (Lipinski definition) is 4. The molecule has 0 atom stereocenters. The molecule has 2 aliphatic heterocycles. The number of hydrogen-bond donors (Lipinski definition) is 1. The molecule has 0 radical (unpaired) electrons. The molecule has 0 bridgehead atoms. The summed E-state index contributed by atoms with van der Waals surface area (Å²) in [5, 5.41) is 9.33. The first-order valence-electron chi connectivity index (χ1n) is 10.4. The number of halogens is 6. The van der Waals surface area contributed by atoms with Gasteiger partial charge in [-0.25, -0.2) is 9.59 Å². The number of rotatable bonds is 4. The number of carbonyl (C=O) groups is 2. The summed E-state index contributed by atoms with van der Waals surface area (Å²) in [5.74, 6) is -1.03. The zero-order valence-electron chi connectivity index (χ0n) is 17.8. The van der Waals surface area contributed by atoms with E-state index in [0.29, 0.717) is 31.5 Å². The molecule has 2 saturated heterocycles. The molecule has 184 valence electrons. The van der Waals surface area contributed by atoms with Crippen LogP contribution in [0.1, 0.15) is 47.2 Å². The van der Waals surface area contributed by atoms with Gasteiger partial charge in [-0.3, -0.25) is 4.90 Å². The summed E-state index contributed by atoms with van der Waals surface area (Å²) < 4.78 is 79.9. The maximum atomic E-state index is 12.7. The van der Waals surface area contributed by atoms with Gasteiger partial charge in [0, 0.05) is 25.2 Å². The van der Waals surface area contributed by atoms with Crippen molar-refractivity contribution in [2.45, 2.75) is 63.1 Å². The molecular formula is C21H24F6N2O4. The van der Waals surface area contributed by atoms with Crippen molar-refractivity contribution < 1.29 is 45.8 Å². The third-order valence-corrected chi connectivity index (χ3v) is 6.41. The van der Waals surface area contributed by atoms with Gasteiger partial charge in [-0.05, 0) is 56.3 Å². The zero-order chi connectivity index (χ0) is 24.6. The van der Waals surface area contributed by atoms with Crippen LogP contribution in [0.3, 0.4) is 0 Å². The van der Waals surface area contributed by atoms with Gasteiger partial charge in [-0.15, -0.1) is 0 Å². The van der Waals surface area contributed by atoms with Crippen LogP contribution in [-0.2, 0) is 11.3 Å². The minimum absolute atomic E-state index is 0.0357. The number of carboxylic acid groups (broad SMARTS) is 1. The number of likely N-dealkylation sites (tertiary alicyclic amines) is 2. The van der Waals surface area contributed by atoms with Crippen molar-refractivity contribution in [2.75, 3.05) is 19.6 Å². The molecule has 12 heteroatoms. The van der Waals surface area contributed by atoms with E-state index < -0.39 is 30.5 Å². The van der Waals surface area contributed by atoms with Gasteiger partial charge in [0.1, 0.15) is 0 Å².